The second-order valence-corrected chi connectivity index (χ2v) is 2.70. The van der Waals surface area contributed by atoms with Gasteiger partial charge >= 0.3 is 6.03 Å². The zero-order chi connectivity index (χ0) is 9.40. The van der Waals surface area contributed by atoms with Crippen molar-refractivity contribution < 1.29 is 4.79 Å². The van der Waals surface area contributed by atoms with Crippen LogP contribution in [0, 0.1) is 0 Å². The number of hydrogen-bond donors (Lipinski definition) is 2. The molecular formula is C8H19N3O. The van der Waals surface area contributed by atoms with Gasteiger partial charge in [-0.3, -0.25) is 0 Å². The Morgan fingerprint density at radius 1 is 1.42 bits per heavy atom. The van der Waals surface area contributed by atoms with Crippen molar-refractivity contribution in [3.05, 3.63) is 0 Å². The summed E-state index contributed by atoms with van der Waals surface area (Å²) in [5.74, 6) is 0. The second-order valence-electron chi connectivity index (χ2n) is 2.70. The molecule has 0 aliphatic rings. The van der Waals surface area contributed by atoms with Crippen LogP contribution in [-0.4, -0.2) is 44.7 Å². The number of nitrogens with one attached hydrogen (secondary N) is 2. The standard InChI is InChI=1S/C8H19N3O/c1-4-11(3)8(12)10-7-5-6-9-2/h9H,4-7H2,1-3H3,(H,10,12). The summed E-state index contributed by atoms with van der Waals surface area (Å²) in [5, 5.41) is 5.83. The van der Waals surface area contributed by atoms with Gasteiger partial charge in [0, 0.05) is 20.1 Å². The van der Waals surface area contributed by atoms with Crippen LogP contribution in [0.5, 0.6) is 0 Å². The van der Waals surface area contributed by atoms with Crippen molar-refractivity contribution in [3.63, 3.8) is 0 Å². The molecule has 0 fully saturated rings. The van der Waals surface area contributed by atoms with Crippen LogP contribution in [0.25, 0.3) is 0 Å². The lowest BCUT2D eigenvalue weighted by Gasteiger charge is -2.15. The third-order valence-electron chi connectivity index (χ3n) is 1.70. The molecular weight excluding hydrogens is 154 g/mol. The molecule has 2 N–H and O–H groups in total. The third kappa shape index (κ3) is 4.96. The van der Waals surface area contributed by atoms with Gasteiger partial charge in [-0.1, -0.05) is 0 Å². The van der Waals surface area contributed by atoms with E-state index < -0.39 is 0 Å². The van der Waals surface area contributed by atoms with Gasteiger partial charge < -0.3 is 15.5 Å². The second kappa shape index (κ2) is 6.91. The van der Waals surface area contributed by atoms with Crippen LogP contribution < -0.4 is 10.6 Å². The quantitative estimate of drug-likeness (QED) is 0.586. The Kier molecular flexibility index (Phi) is 6.47. The van der Waals surface area contributed by atoms with Crippen LogP contribution in [-0.2, 0) is 0 Å². The van der Waals surface area contributed by atoms with Crippen LogP contribution in [0.15, 0.2) is 0 Å². The highest BCUT2D eigenvalue weighted by molar-refractivity contribution is 5.73. The minimum absolute atomic E-state index is 0.00797. The smallest absolute Gasteiger partial charge is 0.317 e. The molecule has 0 aromatic carbocycles. The Morgan fingerprint density at radius 3 is 2.58 bits per heavy atom. The highest BCUT2D eigenvalue weighted by atomic mass is 16.2. The zero-order valence-corrected chi connectivity index (χ0v) is 8.18. The van der Waals surface area contributed by atoms with Gasteiger partial charge in [0.25, 0.3) is 0 Å². The maximum Gasteiger partial charge on any atom is 0.317 e. The maximum atomic E-state index is 11.1. The first-order valence-electron chi connectivity index (χ1n) is 4.36. The Bertz CT molecular complexity index is 127. The van der Waals surface area contributed by atoms with Gasteiger partial charge in [-0.15, -0.1) is 0 Å². The average molecular weight is 173 g/mol. The van der Waals surface area contributed by atoms with Gasteiger partial charge in [-0.05, 0) is 26.9 Å². The molecule has 12 heavy (non-hydrogen) atoms. The molecule has 0 saturated carbocycles. The van der Waals surface area contributed by atoms with Crippen LogP contribution >= 0.6 is 0 Å². The predicted molar refractivity (Wildman–Crippen MR) is 50.2 cm³/mol. The fourth-order valence-electron chi connectivity index (χ4n) is 0.739. The fraction of sp³-hybridized carbons (Fsp3) is 0.875. The van der Waals surface area contributed by atoms with E-state index in [0.717, 1.165) is 26.1 Å². The molecule has 0 radical (unpaired) electrons. The van der Waals surface area contributed by atoms with Gasteiger partial charge in [0.1, 0.15) is 0 Å². The monoisotopic (exact) mass is 173 g/mol. The molecule has 0 saturated heterocycles. The SMILES string of the molecule is CCN(C)C(=O)NCCCNC. The van der Waals surface area contributed by atoms with Crippen LogP contribution in [0.1, 0.15) is 13.3 Å². The number of carbonyl (C=O) groups is 1. The summed E-state index contributed by atoms with van der Waals surface area (Å²) >= 11 is 0. The van der Waals surface area contributed by atoms with E-state index in [1.165, 1.54) is 0 Å². The fourth-order valence-corrected chi connectivity index (χ4v) is 0.739. The predicted octanol–water partition coefficient (Wildman–Crippen LogP) is 0.257. The summed E-state index contributed by atoms with van der Waals surface area (Å²) < 4.78 is 0. The number of carbonyl (C=O) groups excluding carboxylic acids is 1. The molecule has 0 bridgehead atoms. The number of rotatable bonds is 5. The van der Waals surface area contributed by atoms with Crippen LogP contribution in [0.3, 0.4) is 0 Å². The molecule has 0 heterocycles. The summed E-state index contributed by atoms with van der Waals surface area (Å²) in [6.45, 7) is 4.38. The molecule has 4 heteroatoms. The lowest BCUT2D eigenvalue weighted by Crippen LogP contribution is -2.38. The minimum Gasteiger partial charge on any atom is -0.338 e. The van der Waals surface area contributed by atoms with Gasteiger partial charge in [0.15, 0.2) is 0 Å². The maximum absolute atomic E-state index is 11.1. The molecule has 0 rings (SSSR count). The molecule has 0 atom stereocenters. The zero-order valence-electron chi connectivity index (χ0n) is 8.18. The molecule has 0 aliphatic carbocycles. The van der Waals surface area contributed by atoms with Crippen molar-refractivity contribution in [3.8, 4) is 0 Å². The third-order valence-corrected chi connectivity index (χ3v) is 1.70. The van der Waals surface area contributed by atoms with E-state index in [2.05, 4.69) is 10.6 Å². The van der Waals surface area contributed by atoms with Gasteiger partial charge in [0.05, 0.1) is 0 Å². The molecule has 0 spiro atoms. The summed E-state index contributed by atoms with van der Waals surface area (Å²) in [6.07, 6.45) is 0.972. The molecule has 72 valence electrons. The van der Waals surface area contributed by atoms with Crippen LogP contribution in [0.2, 0.25) is 0 Å². The first-order chi connectivity index (χ1) is 5.72. The van der Waals surface area contributed by atoms with Gasteiger partial charge in [-0.25, -0.2) is 4.79 Å². The van der Waals surface area contributed by atoms with Gasteiger partial charge in [-0.2, -0.15) is 0 Å². The van der Waals surface area contributed by atoms with E-state index >= 15 is 0 Å². The van der Waals surface area contributed by atoms with Crippen molar-refractivity contribution in [2.24, 2.45) is 0 Å². The largest absolute Gasteiger partial charge is 0.338 e. The summed E-state index contributed by atoms with van der Waals surface area (Å²) in [6, 6.07) is 0.00797. The Labute approximate surface area is 74.3 Å². The van der Waals surface area contributed by atoms with Crippen molar-refractivity contribution in [1.82, 2.24) is 15.5 Å². The molecule has 0 aromatic rings. The van der Waals surface area contributed by atoms with E-state index in [4.69, 9.17) is 0 Å². The normalized spacial score (nSPS) is 9.58. The molecule has 2 amide bonds. The molecule has 0 aliphatic heterocycles. The van der Waals surface area contributed by atoms with E-state index in [-0.39, 0.29) is 6.03 Å². The van der Waals surface area contributed by atoms with Crippen molar-refractivity contribution in [2.45, 2.75) is 13.3 Å². The number of amides is 2. The van der Waals surface area contributed by atoms with E-state index in [0.29, 0.717) is 0 Å². The van der Waals surface area contributed by atoms with Crippen molar-refractivity contribution >= 4 is 6.03 Å². The van der Waals surface area contributed by atoms with Gasteiger partial charge in [0.2, 0.25) is 0 Å². The lowest BCUT2D eigenvalue weighted by atomic mass is 10.4. The van der Waals surface area contributed by atoms with E-state index in [9.17, 15) is 4.79 Å². The van der Waals surface area contributed by atoms with Crippen LogP contribution in [0.4, 0.5) is 4.79 Å². The summed E-state index contributed by atoms with van der Waals surface area (Å²) in [4.78, 5) is 12.8. The number of nitrogens with zero attached hydrogens (tertiary/aromatic N) is 1. The Balaban J connectivity index is 3.31. The molecule has 0 unspecified atom stereocenters. The number of urea groups is 1. The highest BCUT2D eigenvalue weighted by Crippen LogP contribution is 1.82. The van der Waals surface area contributed by atoms with E-state index in [1.54, 1.807) is 11.9 Å². The van der Waals surface area contributed by atoms with Crippen molar-refractivity contribution in [2.75, 3.05) is 33.7 Å². The number of hydrogen-bond acceptors (Lipinski definition) is 2. The average Bonchev–Trinajstić information content (AvgIpc) is 2.10. The first-order valence-corrected chi connectivity index (χ1v) is 4.36. The minimum atomic E-state index is 0.00797. The Hall–Kier alpha value is -0.770. The molecule has 4 nitrogen and oxygen atoms in total. The first kappa shape index (κ1) is 11.2. The topological polar surface area (TPSA) is 44.4 Å². The van der Waals surface area contributed by atoms with Crippen molar-refractivity contribution in [1.29, 1.82) is 0 Å². The molecule has 0 aromatic heterocycles. The Morgan fingerprint density at radius 2 is 2.08 bits per heavy atom. The highest BCUT2D eigenvalue weighted by Gasteiger charge is 2.02. The summed E-state index contributed by atoms with van der Waals surface area (Å²) in [7, 11) is 3.69. The van der Waals surface area contributed by atoms with E-state index in [1.807, 2.05) is 14.0 Å². The summed E-state index contributed by atoms with van der Waals surface area (Å²) in [5.41, 5.74) is 0. The lowest BCUT2D eigenvalue weighted by molar-refractivity contribution is 0.211.